The van der Waals surface area contributed by atoms with Crippen molar-refractivity contribution >= 4 is 23.5 Å². The molecule has 11 nitrogen and oxygen atoms in total. The van der Waals surface area contributed by atoms with E-state index >= 15 is 0 Å². The van der Waals surface area contributed by atoms with Crippen molar-refractivity contribution in [2.75, 3.05) is 59.0 Å². The molecule has 2 unspecified atom stereocenters. The monoisotopic (exact) mass is 633 g/mol. The van der Waals surface area contributed by atoms with Gasteiger partial charge >= 0.3 is 6.18 Å². The zero-order chi connectivity index (χ0) is 32.5. The maximum Gasteiger partial charge on any atom is 0.410 e. The van der Waals surface area contributed by atoms with E-state index in [9.17, 15) is 31.9 Å². The van der Waals surface area contributed by atoms with Crippen LogP contribution in [0.25, 0.3) is 0 Å². The van der Waals surface area contributed by atoms with Crippen LogP contribution in [0.2, 0.25) is 0 Å². The number of morpholine rings is 1. The number of halogens is 4. The van der Waals surface area contributed by atoms with Crippen molar-refractivity contribution in [1.29, 1.82) is 0 Å². The molecule has 2 aromatic carbocycles. The summed E-state index contributed by atoms with van der Waals surface area (Å²) >= 11 is 0. The molecular weight excluding hydrogens is 602 g/mol. The van der Waals surface area contributed by atoms with Crippen LogP contribution in [-0.4, -0.2) is 104 Å². The highest BCUT2D eigenvalue weighted by atomic mass is 19.4. The summed E-state index contributed by atoms with van der Waals surface area (Å²) in [6, 6.07) is 9.34. The Bertz CT molecular complexity index is 1570. The number of amides is 2. The second kappa shape index (κ2) is 12.8. The minimum Gasteiger partial charge on any atom is -0.496 e. The van der Waals surface area contributed by atoms with Gasteiger partial charge in [0.25, 0.3) is 5.91 Å². The third-order valence-electron chi connectivity index (χ3n) is 7.77. The lowest BCUT2D eigenvalue weighted by molar-refractivity contribution is -0.221. The van der Waals surface area contributed by atoms with Gasteiger partial charge in [0, 0.05) is 26.7 Å². The third-order valence-corrected chi connectivity index (χ3v) is 7.77. The van der Waals surface area contributed by atoms with Crippen molar-refractivity contribution in [3.05, 3.63) is 71.2 Å². The molecule has 2 aliphatic heterocycles. The highest BCUT2D eigenvalue weighted by Gasteiger charge is 2.63. The number of rotatable bonds is 9. The number of methoxy groups -OCH3 is 2. The van der Waals surface area contributed by atoms with Gasteiger partial charge in [0.2, 0.25) is 11.8 Å². The largest absolute Gasteiger partial charge is 0.496 e. The van der Waals surface area contributed by atoms with Crippen LogP contribution in [-0.2, 0) is 20.9 Å². The van der Waals surface area contributed by atoms with E-state index in [0.29, 0.717) is 10.5 Å². The SMILES string of the molecule is COc1ccccc1C(=O)n1nc(C2C(=O)N(CC(=O)N3CCOCC3)C2C(F)(F)F)c(OC)c1N(C)Cc1ccc(F)cc1. The van der Waals surface area contributed by atoms with Crippen molar-refractivity contribution in [3.8, 4) is 11.5 Å². The van der Waals surface area contributed by atoms with Crippen molar-refractivity contribution in [2.45, 2.75) is 24.7 Å². The van der Waals surface area contributed by atoms with Crippen LogP contribution >= 0.6 is 0 Å². The maximum absolute atomic E-state index is 14.6. The fourth-order valence-electron chi connectivity index (χ4n) is 5.58. The number of benzene rings is 2. The molecule has 15 heteroatoms. The summed E-state index contributed by atoms with van der Waals surface area (Å²) in [5, 5.41) is 4.27. The van der Waals surface area contributed by atoms with Crippen molar-refractivity contribution in [1.82, 2.24) is 19.6 Å². The summed E-state index contributed by atoms with van der Waals surface area (Å²) in [7, 11) is 4.10. The lowest BCUT2D eigenvalue weighted by Crippen LogP contribution is -2.67. The molecule has 1 aromatic heterocycles. The molecule has 0 N–H and O–H groups in total. The normalized spacial score (nSPS) is 18.4. The van der Waals surface area contributed by atoms with E-state index in [2.05, 4.69) is 5.10 Å². The highest BCUT2D eigenvalue weighted by Crippen LogP contribution is 2.49. The highest BCUT2D eigenvalue weighted by molar-refractivity contribution is 6.01. The van der Waals surface area contributed by atoms with Gasteiger partial charge in [-0.3, -0.25) is 14.4 Å². The number of anilines is 1. The minimum absolute atomic E-state index is 0.0377. The Morgan fingerprint density at radius 2 is 1.71 bits per heavy atom. The van der Waals surface area contributed by atoms with Gasteiger partial charge in [0.05, 0.1) is 33.0 Å². The molecular formula is C30H31F4N5O6. The number of β-lactam (4-membered cyclic amide) rings is 1. The summed E-state index contributed by atoms with van der Waals surface area (Å²) in [6.45, 7) is 0.187. The minimum atomic E-state index is -4.94. The number of aromatic nitrogens is 2. The van der Waals surface area contributed by atoms with Crippen LogP contribution in [0.3, 0.4) is 0 Å². The molecule has 3 aromatic rings. The van der Waals surface area contributed by atoms with E-state index in [1.165, 1.54) is 60.4 Å². The predicted molar refractivity (Wildman–Crippen MR) is 152 cm³/mol. The Morgan fingerprint density at radius 3 is 2.33 bits per heavy atom. The molecule has 2 saturated heterocycles. The van der Waals surface area contributed by atoms with E-state index in [1.807, 2.05) is 0 Å². The van der Waals surface area contributed by atoms with Gasteiger partial charge in [0.15, 0.2) is 11.6 Å². The lowest BCUT2D eigenvalue weighted by atomic mass is 9.83. The van der Waals surface area contributed by atoms with Crippen LogP contribution < -0.4 is 14.4 Å². The second-order valence-corrected chi connectivity index (χ2v) is 10.6. The Morgan fingerprint density at radius 1 is 1.04 bits per heavy atom. The third kappa shape index (κ3) is 6.16. The van der Waals surface area contributed by atoms with Gasteiger partial charge in [-0.05, 0) is 29.8 Å². The smallest absolute Gasteiger partial charge is 0.410 e. The summed E-state index contributed by atoms with van der Waals surface area (Å²) in [5.41, 5.74) is 0.253. The summed E-state index contributed by atoms with van der Waals surface area (Å²) in [4.78, 5) is 43.5. The molecule has 5 rings (SSSR count). The van der Waals surface area contributed by atoms with Crippen LogP contribution in [0.15, 0.2) is 48.5 Å². The first-order valence-electron chi connectivity index (χ1n) is 14.0. The molecule has 2 atom stereocenters. The van der Waals surface area contributed by atoms with Gasteiger partial charge in [-0.1, -0.05) is 24.3 Å². The molecule has 0 saturated carbocycles. The number of ether oxygens (including phenoxy) is 3. The van der Waals surface area contributed by atoms with E-state index in [-0.39, 0.29) is 55.7 Å². The Kier molecular flexibility index (Phi) is 9.00. The molecule has 0 bridgehead atoms. The molecule has 0 radical (unpaired) electrons. The maximum atomic E-state index is 14.6. The number of hydrogen-bond acceptors (Lipinski definition) is 8. The molecule has 0 spiro atoms. The average molecular weight is 634 g/mol. The van der Waals surface area contributed by atoms with Gasteiger partial charge in [-0.15, -0.1) is 0 Å². The van der Waals surface area contributed by atoms with Crippen molar-refractivity contribution in [3.63, 3.8) is 0 Å². The summed E-state index contributed by atoms with van der Waals surface area (Å²) in [6.07, 6.45) is -4.94. The molecule has 3 heterocycles. The Hall–Kier alpha value is -4.66. The fraction of sp³-hybridized carbons (Fsp3) is 0.400. The van der Waals surface area contributed by atoms with Gasteiger partial charge in [0.1, 0.15) is 35.8 Å². The zero-order valence-electron chi connectivity index (χ0n) is 24.7. The summed E-state index contributed by atoms with van der Waals surface area (Å²) < 4.78 is 74.2. The van der Waals surface area contributed by atoms with Crippen LogP contribution in [0.1, 0.15) is 27.5 Å². The number of nitrogens with zero attached hydrogens (tertiary/aromatic N) is 5. The second-order valence-electron chi connectivity index (χ2n) is 10.6. The molecule has 45 heavy (non-hydrogen) atoms. The summed E-state index contributed by atoms with van der Waals surface area (Å²) in [5.74, 6) is -4.81. The first-order chi connectivity index (χ1) is 21.5. The Balaban J connectivity index is 1.57. The van der Waals surface area contributed by atoms with E-state index < -0.39 is 53.9 Å². The quantitative estimate of drug-likeness (QED) is 0.262. The molecule has 240 valence electrons. The number of para-hydroxylation sites is 1. The van der Waals surface area contributed by atoms with Crippen LogP contribution in [0.4, 0.5) is 23.4 Å². The van der Waals surface area contributed by atoms with Crippen LogP contribution in [0, 0.1) is 5.82 Å². The topological polar surface area (TPSA) is 106 Å². The standard InChI is InChI=1S/C30H31F4N5O6/c1-36(16-18-8-10-19(31)11-9-18)27-25(44-3)24(35-39(27)28(41)20-6-4-5-7-21(20)43-2)23-26(30(32,33)34)38(29(23)42)17-22(40)37-12-14-45-15-13-37/h4-11,23,26H,12-17H2,1-3H3. The number of carbonyl (C=O) groups is 3. The van der Waals surface area contributed by atoms with E-state index in [0.717, 1.165) is 4.68 Å². The molecule has 2 fully saturated rings. The number of hydrogen-bond donors (Lipinski definition) is 0. The number of carbonyl (C=O) groups excluding carboxylic acids is 3. The van der Waals surface area contributed by atoms with Crippen molar-refractivity contribution in [2.24, 2.45) is 0 Å². The lowest BCUT2D eigenvalue weighted by Gasteiger charge is -2.47. The first kappa shape index (κ1) is 31.8. The van der Waals surface area contributed by atoms with Crippen LogP contribution in [0.5, 0.6) is 11.5 Å². The van der Waals surface area contributed by atoms with E-state index in [1.54, 1.807) is 19.2 Å². The average Bonchev–Trinajstić information content (AvgIpc) is 3.41. The van der Waals surface area contributed by atoms with Gasteiger partial charge in [-0.25, -0.2) is 4.39 Å². The van der Waals surface area contributed by atoms with Gasteiger partial charge in [-0.2, -0.15) is 23.0 Å². The zero-order valence-corrected chi connectivity index (χ0v) is 24.7. The fourth-order valence-corrected chi connectivity index (χ4v) is 5.58. The number of likely N-dealkylation sites (tertiary alicyclic amines) is 1. The molecule has 2 aliphatic rings. The first-order valence-corrected chi connectivity index (χ1v) is 14.0. The molecule has 0 aliphatic carbocycles. The van der Waals surface area contributed by atoms with Gasteiger partial charge < -0.3 is 28.9 Å². The predicted octanol–water partition coefficient (Wildman–Crippen LogP) is 3.08. The number of alkyl halides is 3. The molecule has 2 amide bonds. The Labute approximate surface area is 255 Å². The van der Waals surface area contributed by atoms with Crippen molar-refractivity contribution < 1.29 is 46.2 Å². The van der Waals surface area contributed by atoms with E-state index in [4.69, 9.17) is 14.2 Å².